The molecule has 30 heteroatoms. The lowest BCUT2D eigenvalue weighted by Gasteiger charge is -2.46. The first-order chi connectivity index (χ1) is 50.6. The molecule has 3 fully saturated rings. The lowest BCUT2D eigenvalue weighted by Crippen LogP contribution is -2.61. The van der Waals surface area contributed by atoms with E-state index >= 15 is 0 Å². The fraction of sp³-hybridized carbons (Fsp3) is 0.355. The molecule has 8 aromatic rings. The maximum absolute atomic E-state index is 13.3. The molecule has 3 aliphatic heterocycles. The topological polar surface area (TPSA) is 413 Å². The van der Waals surface area contributed by atoms with Gasteiger partial charge in [0.25, 0.3) is 29.5 Å². The van der Waals surface area contributed by atoms with Crippen LogP contribution in [0.2, 0.25) is 10.0 Å². The smallest absolute Gasteiger partial charge is 0.407 e. The van der Waals surface area contributed by atoms with Gasteiger partial charge >= 0.3 is 12.2 Å². The molecule has 28 nitrogen and oxygen atoms in total. The number of ether oxygens (including phenoxy) is 2. The van der Waals surface area contributed by atoms with Crippen LogP contribution in [0.15, 0.2) is 134 Å². The van der Waals surface area contributed by atoms with Crippen molar-refractivity contribution in [2.75, 3.05) is 57.0 Å². The average Bonchev–Trinajstić information content (AvgIpc) is 0.793. The van der Waals surface area contributed by atoms with E-state index in [-0.39, 0.29) is 83.3 Å². The van der Waals surface area contributed by atoms with Gasteiger partial charge in [-0.2, -0.15) is 0 Å². The Morgan fingerprint density at radius 2 is 1.04 bits per heavy atom. The van der Waals surface area contributed by atoms with Gasteiger partial charge in [0.05, 0.1) is 54.9 Å². The van der Waals surface area contributed by atoms with Gasteiger partial charge in [0, 0.05) is 89.2 Å². The Bertz CT molecular complexity index is 4450. The number of nitrogens with zero attached hydrogens (tertiary/aromatic N) is 7. The Hall–Kier alpha value is -11.1. The van der Waals surface area contributed by atoms with Crippen LogP contribution in [0.5, 0.6) is 5.75 Å². The quantitative estimate of drug-likeness (QED) is 0.0380. The zero-order valence-electron chi connectivity index (χ0n) is 60.2. The zero-order chi connectivity index (χ0) is 76.2. The maximum Gasteiger partial charge on any atom is 0.407 e. The van der Waals surface area contributed by atoms with Gasteiger partial charge < -0.3 is 79.2 Å². The number of carboxylic acid groups (broad SMARTS) is 1. The Kier molecular flexibility index (Phi) is 27.3. The molecule has 0 spiro atoms. The number of nitrogen functional groups attached to an aromatic ring is 3. The van der Waals surface area contributed by atoms with Gasteiger partial charge in [0.15, 0.2) is 34.5 Å². The predicted molar refractivity (Wildman–Crippen MR) is 406 cm³/mol. The molecule has 3 aliphatic rings. The van der Waals surface area contributed by atoms with Crippen molar-refractivity contribution in [1.29, 1.82) is 0 Å². The van der Waals surface area contributed by atoms with Crippen molar-refractivity contribution in [1.82, 2.24) is 77.3 Å². The van der Waals surface area contributed by atoms with Gasteiger partial charge in [-0.3, -0.25) is 24.0 Å². The molecule has 4 atom stereocenters. The second kappa shape index (κ2) is 36.6. The van der Waals surface area contributed by atoms with Gasteiger partial charge in [-0.25, -0.2) is 39.5 Å². The van der Waals surface area contributed by atoms with Crippen molar-refractivity contribution in [3.63, 3.8) is 0 Å². The van der Waals surface area contributed by atoms with Crippen LogP contribution in [0.3, 0.4) is 0 Å². The molecule has 6 heterocycles. The molecular formula is C76H90Cl2N18O10. The van der Waals surface area contributed by atoms with Crippen LogP contribution in [-0.4, -0.2) is 151 Å². The lowest BCUT2D eigenvalue weighted by molar-refractivity contribution is 0.0358. The highest BCUT2D eigenvalue weighted by Gasteiger charge is 2.43. The third-order valence-corrected chi connectivity index (χ3v) is 17.9. The molecule has 11 rings (SSSR count). The summed E-state index contributed by atoms with van der Waals surface area (Å²) in [5, 5.41) is 34.6. The highest BCUT2D eigenvalue weighted by Crippen LogP contribution is 2.33. The Morgan fingerprint density at radius 1 is 0.557 bits per heavy atom. The number of piperidine rings is 3. The summed E-state index contributed by atoms with van der Waals surface area (Å²) < 4.78 is 10.4. The number of halogens is 2. The Balaban J connectivity index is 0.000000184. The molecule has 558 valence electrons. The summed E-state index contributed by atoms with van der Waals surface area (Å²) in [5.41, 5.74) is 23.8. The van der Waals surface area contributed by atoms with Crippen molar-refractivity contribution >= 4 is 82.4 Å². The van der Waals surface area contributed by atoms with Crippen molar-refractivity contribution in [2.45, 2.75) is 129 Å². The normalized spacial score (nSPS) is 16.4. The lowest BCUT2D eigenvalue weighted by atomic mass is 9.77. The number of benzene rings is 5. The van der Waals surface area contributed by atoms with Crippen molar-refractivity contribution in [2.24, 2.45) is 5.41 Å². The second-order valence-electron chi connectivity index (χ2n) is 27.7. The van der Waals surface area contributed by atoms with E-state index in [4.69, 9.17) is 49.9 Å². The van der Waals surface area contributed by atoms with E-state index < -0.39 is 41.2 Å². The molecule has 15 N–H and O–H groups in total. The summed E-state index contributed by atoms with van der Waals surface area (Å²) in [6.07, 6.45) is 8.00. The van der Waals surface area contributed by atoms with Gasteiger partial charge in [-0.15, -0.1) is 0 Å². The van der Waals surface area contributed by atoms with Crippen LogP contribution in [0.4, 0.5) is 27.0 Å². The number of methoxy groups -OCH3 is 1. The number of rotatable bonds is 18. The maximum atomic E-state index is 13.3. The fourth-order valence-electron chi connectivity index (χ4n) is 12.2. The molecular weight excluding hydrogens is 1400 g/mol. The summed E-state index contributed by atoms with van der Waals surface area (Å²) in [5.74, 6) is -0.864. The monoisotopic (exact) mass is 1480 g/mol. The van der Waals surface area contributed by atoms with E-state index in [2.05, 4.69) is 72.4 Å². The Labute approximate surface area is 624 Å². The third-order valence-electron chi connectivity index (χ3n) is 17.4. The standard InChI is InChI=1S/C27H38N6O5.C25H28N6O3.C24H24Cl2N6O2/c1-26(2,3)21-18(11-8-12-33(21)25(36)37)32-23(34)20-22(28)29-15-19(31-20)17-10-7-9-16(13-17)14-30-24(35)38-27(4,5)6;1-34-20-9-7-16(8-10-20)13-29-24(32)18-5-2-4-17(12-18)21-15-28-23(26)22(31-21)25(33)30-19-6-3-11-27-14-19;25-17-7-6-16(19(26)10-17)11-30-23(33)15-4-1-3-14(9-15)20-13-29-22(27)21(32-20)24(34)31-18-5-2-8-28-12-18/h7,9-10,13,15,18,21H,8,11-12,14H2,1-6H3,(H2,28,29)(H,30,35)(H,32,34)(H,36,37);2,4-5,7-10,12,15,19,27H,3,6,11,13-14H2,1H3,(H2,26,28)(H,29,32)(H,30,33);1,3-4,6-7,9-10,13,18,28H,2,5,8,11-12H2,(H2,27,29)(H,30,33)(H,31,34)/t18-,21?;19-;18-/m000/s1. The highest BCUT2D eigenvalue weighted by molar-refractivity contribution is 6.35. The molecule has 0 saturated carbocycles. The van der Waals surface area contributed by atoms with Crippen LogP contribution in [0.1, 0.15) is 149 Å². The number of nitrogens with two attached hydrogens (primary N) is 3. The molecule has 0 radical (unpaired) electrons. The highest BCUT2D eigenvalue weighted by atomic mass is 35.5. The number of carbonyl (C=O) groups is 7. The summed E-state index contributed by atoms with van der Waals surface area (Å²) in [6.45, 7) is 15.9. The minimum absolute atomic E-state index is 0.0206. The van der Waals surface area contributed by atoms with E-state index in [0.29, 0.717) is 94.0 Å². The van der Waals surface area contributed by atoms with Crippen LogP contribution < -0.4 is 64.5 Å². The van der Waals surface area contributed by atoms with E-state index in [9.17, 15) is 38.7 Å². The van der Waals surface area contributed by atoms with Crippen molar-refractivity contribution in [3.05, 3.63) is 189 Å². The van der Waals surface area contributed by atoms with Crippen LogP contribution in [0.25, 0.3) is 33.8 Å². The van der Waals surface area contributed by atoms with Crippen molar-refractivity contribution in [3.8, 4) is 39.5 Å². The van der Waals surface area contributed by atoms with Crippen LogP contribution >= 0.6 is 23.2 Å². The fourth-order valence-corrected chi connectivity index (χ4v) is 12.7. The molecule has 7 amide bonds. The van der Waals surface area contributed by atoms with E-state index in [1.165, 1.54) is 23.5 Å². The Morgan fingerprint density at radius 3 is 1.50 bits per heavy atom. The molecule has 5 aromatic carbocycles. The summed E-state index contributed by atoms with van der Waals surface area (Å²) in [4.78, 5) is 115. The van der Waals surface area contributed by atoms with Gasteiger partial charge in [0.2, 0.25) is 0 Å². The summed E-state index contributed by atoms with van der Waals surface area (Å²) in [6, 6.07) is 33.1. The number of carbonyl (C=O) groups excluding carboxylic acids is 6. The number of anilines is 3. The molecule has 106 heavy (non-hydrogen) atoms. The number of hydrogen-bond acceptors (Lipinski definition) is 20. The molecule has 0 aliphatic carbocycles. The first-order valence-corrected chi connectivity index (χ1v) is 35.5. The first kappa shape index (κ1) is 79.1. The number of alkyl carbamates (subject to hydrolysis) is 1. The number of amides is 7. The van der Waals surface area contributed by atoms with Crippen LogP contribution in [-0.2, 0) is 24.4 Å². The van der Waals surface area contributed by atoms with Gasteiger partial charge in [-0.1, -0.05) is 105 Å². The largest absolute Gasteiger partial charge is 0.497 e. The molecule has 3 saturated heterocycles. The number of hydrogen-bond donors (Lipinski definition) is 12. The van der Waals surface area contributed by atoms with Crippen LogP contribution in [0, 0.1) is 5.41 Å². The molecule has 1 unspecified atom stereocenters. The SMILES string of the molecule is CC(C)(C)OC(=O)NCc1cccc(-c2cnc(N)c(C(=O)N[C@H]3CCCN(C(=O)O)C3C(C)(C)C)n2)c1.COc1ccc(CNC(=O)c2cccc(-c3cnc(N)c(C(=O)N[C@H]4CCCNC4)n3)c2)cc1.Nc1ncc(-c2cccc(C(=O)NCc3ccc(Cl)cc3Cl)c2)nc1C(=O)N[C@H]1CCCNC1. The van der Waals surface area contributed by atoms with E-state index in [1.807, 2.05) is 75.4 Å². The van der Waals surface area contributed by atoms with Gasteiger partial charge in [0.1, 0.15) is 11.4 Å². The summed E-state index contributed by atoms with van der Waals surface area (Å²) in [7, 11) is 1.61. The third kappa shape index (κ3) is 22.5. The van der Waals surface area contributed by atoms with Gasteiger partial charge in [-0.05, 0) is 149 Å². The predicted octanol–water partition coefficient (Wildman–Crippen LogP) is 9.63. The molecule has 0 bridgehead atoms. The number of likely N-dealkylation sites (tertiary alicyclic amines) is 1. The van der Waals surface area contributed by atoms with E-state index in [1.54, 1.807) is 88.5 Å². The summed E-state index contributed by atoms with van der Waals surface area (Å²) >= 11 is 12.1. The average molecular weight is 1490 g/mol. The second-order valence-corrected chi connectivity index (χ2v) is 28.5. The minimum Gasteiger partial charge on any atom is -0.497 e. The van der Waals surface area contributed by atoms with E-state index in [0.717, 1.165) is 61.2 Å². The first-order valence-electron chi connectivity index (χ1n) is 34.7. The van der Waals surface area contributed by atoms with Crippen molar-refractivity contribution < 1.29 is 48.1 Å². The zero-order valence-corrected chi connectivity index (χ0v) is 61.7. The minimum atomic E-state index is -1.01. The number of aromatic nitrogens is 6. The molecule has 3 aromatic heterocycles. The number of nitrogens with one attached hydrogen (secondary N) is 8.